The van der Waals surface area contributed by atoms with Crippen LogP contribution in [-0.2, 0) is 0 Å². The van der Waals surface area contributed by atoms with Crippen LogP contribution in [-0.4, -0.2) is 21.5 Å². The molecule has 0 bridgehead atoms. The molecular weight excluding hydrogens is 186 g/mol. The third-order valence-corrected chi connectivity index (χ3v) is 1.28. The Kier molecular flexibility index (Phi) is 3.27. The molecule has 0 saturated heterocycles. The van der Waals surface area contributed by atoms with Crippen molar-refractivity contribution >= 4 is 23.5 Å². The molecule has 1 heterocycles. The lowest BCUT2D eigenvalue weighted by atomic mass is 10.4. The van der Waals surface area contributed by atoms with E-state index in [9.17, 15) is 0 Å². The van der Waals surface area contributed by atoms with Crippen LogP contribution in [0.3, 0.4) is 0 Å². The van der Waals surface area contributed by atoms with Crippen LogP contribution in [0.15, 0.2) is 17.2 Å². The van der Waals surface area contributed by atoms with Crippen LogP contribution in [0, 0.1) is 6.92 Å². The Labute approximate surface area is 81.0 Å². The smallest absolute Gasteiger partial charge is 0.184 e. The topological polar surface area (TPSA) is 76.2 Å². The molecule has 13 heavy (non-hydrogen) atoms. The molecule has 0 aliphatic carbocycles. The van der Waals surface area contributed by atoms with Crippen molar-refractivity contribution in [3.63, 3.8) is 0 Å². The van der Waals surface area contributed by atoms with E-state index in [1.165, 1.54) is 6.21 Å². The molecular formula is C7H9N5S. The van der Waals surface area contributed by atoms with Crippen molar-refractivity contribution in [2.45, 2.75) is 6.92 Å². The number of hydrogen-bond donors (Lipinski definition) is 2. The Morgan fingerprint density at radius 1 is 1.62 bits per heavy atom. The minimum absolute atomic E-state index is 0.122. The van der Waals surface area contributed by atoms with Crippen LogP contribution >= 0.6 is 12.2 Å². The minimum atomic E-state index is 0.122. The Bertz CT molecular complexity index is 318. The number of rotatable bonds is 2. The summed E-state index contributed by atoms with van der Waals surface area (Å²) >= 11 is 4.55. The average molecular weight is 195 g/mol. The van der Waals surface area contributed by atoms with Crippen molar-refractivity contribution in [3.05, 3.63) is 23.5 Å². The normalized spacial score (nSPS) is 10.2. The number of aromatic nitrogens is 2. The van der Waals surface area contributed by atoms with Crippen LogP contribution < -0.4 is 11.2 Å². The molecule has 0 aliphatic heterocycles. The lowest BCUT2D eigenvalue weighted by Crippen LogP contribution is -2.24. The first-order chi connectivity index (χ1) is 6.18. The van der Waals surface area contributed by atoms with Gasteiger partial charge in [-0.25, -0.2) is 0 Å². The fourth-order valence-electron chi connectivity index (χ4n) is 0.640. The summed E-state index contributed by atoms with van der Waals surface area (Å²) in [5.41, 5.74) is 9.08. The third-order valence-electron chi connectivity index (χ3n) is 1.19. The van der Waals surface area contributed by atoms with Crippen LogP contribution in [0.2, 0.25) is 0 Å². The zero-order chi connectivity index (χ0) is 9.68. The van der Waals surface area contributed by atoms with Gasteiger partial charge < -0.3 is 5.73 Å². The molecule has 5 nitrogen and oxygen atoms in total. The second kappa shape index (κ2) is 4.46. The maximum atomic E-state index is 5.15. The third kappa shape index (κ3) is 3.57. The molecule has 0 fully saturated rings. The van der Waals surface area contributed by atoms with Gasteiger partial charge in [-0.15, -0.1) is 5.10 Å². The quantitative estimate of drug-likeness (QED) is 0.393. The number of nitrogens with two attached hydrogens (primary N) is 1. The van der Waals surface area contributed by atoms with Crippen molar-refractivity contribution in [1.82, 2.24) is 15.6 Å². The van der Waals surface area contributed by atoms with Crippen molar-refractivity contribution in [1.29, 1.82) is 0 Å². The predicted molar refractivity (Wildman–Crippen MR) is 54.3 cm³/mol. The van der Waals surface area contributed by atoms with Gasteiger partial charge in [0.2, 0.25) is 0 Å². The maximum Gasteiger partial charge on any atom is 0.184 e. The van der Waals surface area contributed by atoms with Crippen LogP contribution in [0.25, 0.3) is 0 Å². The summed E-state index contributed by atoms with van der Waals surface area (Å²) < 4.78 is 0. The molecule has 0 aromatic carbocycles. The standard InChI is InChI=1S/C7H9N5S/c1-5-2-3-6(11-10-5)4-9-12-7(8)13/h2-4H,1H3,(H3,8,12,13)/b9-4+. The zero-order valence-electron chi connectivity index (χ0n) is 7.06. The lowest BCUT2D eigenvalue weighted by Gasteiger charge is -1.93. The highest BCUT2D eigenvalue weighted by Crippen LogP contribution is 1.90. The molecule has 0 aliphatic rings. The lowest BCUT2D eigenvalue weighted by molar-refractivity contribution is 0.965. The van der Waals surface area contributed by atoms with E-state index in [0.717, 1.165) is 5.69 Å². The van der Waals surface area contributed by atoms with Crippen molar-refractivity contribution in [2.75, 3.05) is 0 Å². The van der Waals surface area contributed by atoms with E-state index in [1.54, 1.807) is 6.07 Å². The largest absolute Gasteiger partial charge is 0.375 e. The second-order valence-corrected chi connectivity index (χ2v) is 2.77. The van der Waals surface area contributed by atoms with Gasteiger partial charge in [0.1, 0.15) is 5.69 Å². The van der Waals surface area contributed by atoms with E-state index in [4.69, 9.17) is 5.73 Å². The second-order valence-electron chi connectivity index (χ2n) is 2.33. The van der Waals surface area contributed by atoms with Crippen molar-refractivity contribution in [2.24, 2.45) is 10.8 Å². The molecule has 0 unspecified atom stereocenters. The highest BCUT2D eigenvalue weighted by Gasteiger charge is 1.89. The van der Waals surface area contributed by atoms with Gasteiger partial charge in [-0.3, -0.25) is 5.43 Å². The number of hydrogen-bond acceptors (Lipinski definition) is 4. The van der Waals surface area contributed by atoms with Gasteiger partial charge in [-0.2, -0.15) is 10.2 Å². The fourth-order valence-corrected chi connectivity index (χ4v) is 0.693. The molecule has 1 rings (SSSR count). The average Bonchev–Trinajstić information content (AvgIpc) is 2.08. The number of hydrazone groups is 1. The molecule has 1 aromatic heterocycles. The Morgan fingerprint density at radius 2 is 2.38 bits per heavy atom. The summed E-state index contributed by atoms with van der Waals surface area (Å²) in [4.78, 5) is 0. The van der Waals surface area contributed by atoms with Crippen LogP contribution in [0.1, 0.15) is 11.4 Å². The summed E-state index contributed by atoms with van der Waals surface area (Å²) in [6.45, 7) is 1.86. The number of thiocarbonyl (C=S) groups is 1. The van der Waals surface area contributed by atoms with E-state index in [0.29, 0.717) is 5.69 Å². The Balaban J connectivity index is 2.59. The van der Waals surface area contributed by atoms with Gasteiger partial charge in [0.15, 0.2) is 5.11 Å². The summed E-state index contributed by atoms with van der Waals surface area (Å²) in [5.74, 6) is 0. The van der Waals surface area contributed by atoms with Gasteiger partial charge in [0.25, 0.3) is 0 Å². The predicted octanol–water partition coefficient (Wildman–Crippen LogP) is -0.0479. The first-order valence-electron chi connectivity index (χ1n) is 3.57. The Hall–Kier alpha value is -1.56. The molecule has 0 radical (unpaired) electrons. The number of nitrogens with zero attached hydrogens (tertiary/aromatic N) is 3. The summed E-state index contributed by atoms with van der Waals surface area (Å²) in [6, 6.07) is 3.64. The highest BCUT2D eigenvalue weighted by atomic mass is 32.1. The van der Waals surface area contributed by atoms with Gasteiger partial charge in [-0.05, 0) is 31.3 Å². The molecule has 0 saturated carbocycles. The van der Waals surface area contributed by atoms with E-state index in [-0.39, 0.29) is 5.11 Å². The molecule has 1 aromatic rings. The SMILES string of the molecule is Cc1ccc(/C=N/NC(N)=S)nn1. The molecule has 3 N–H and O–H groups in total. The van der Waals surface area contributed by atoms with E-state index in [1.807, 2.05) is 13.0 Å². The van der Waals surface area contributed by atoms with Crippen LogP contribution in [0.5, 0.6) is 0 Å². The van der Waals surface area contributed by atoms with Crippen molar-refractivity contribution < 1.29 is 0 Å². The van der Waals surface area contributed by atoms with Gasteiger partial charge in [0, 0.05) is 0 Å². The highest BCUT2D eigenvalue weighted by molar-refractivity contribution is 7.80. The molecule has 6 heteroatoms. The maximum absolute atomic E-state index is 5.15. The molecule has 0 spiro atoms. The molecule has 0 amide bonds. The summed E-state index contributed by atoms with van der Waals surface area (Å²) in [5, 5.41) is 11.5. The monoisotopic (exact) mass is 195 g/mol. The van der Waals surface area contributed by atoms with Gasteiger partial charge >= 0.3 is 0 Å². The first-order valence-corrected chi connectivity index (χ1v) is 3.98. The van der Waals surface area contributed by atoms with E-state index in [2.05, 4.69) is 32.9 Å². The number of nitrogens with one attached hydrogen (secondary N) is 1. The van der Waals surface area contributed by atoms with E-state index < -0.39 is 0 Å². The van der Waals surface area contributed by atoms with Gasteiger partial charge in [-0.1, -0.05) is 0 Å². The van der Waals surface area contributed by atoms with Crippen LogP contribution in [0.4, 0.5) is 0 Å². The van der Waals surface area contributed by atoms with Crippen molar-refractivity contribution in [3.8, 4) is 0 Å². The van der Waals surface area contributed by atoms with E-state index >= 15 is 0 Å². The number of aryl methyl sites for hydroxylation is 1. The first kappa shape index (κ1) is 9.53. The molecule has 68 valence electrons. The summed E-state index contributed by atoms with van der Waals surface area (Å²) in [6.07, 6.45) is 1.49. The van der Waals surface area contributed by atoms with Gasteiger partial charge in [0.05, 0.1) is 11.9 Å². The zero-order valence-corrected chi connectivity index (χ0v) is 7.88. The Morgan fingerprint density at radius 3 is 2.92 bits per heavy atom. The molecule has 0 atom stereocenters. The summed E-state index contributed by atoms with van der Waals surface area (Å²) in [7, 11) is 0. The fraction of sp³-hybridized carbons (Fsp3) is 0.143. The minimum Gasteiger partial charge on any atom is -0.375 e.